The van der Waals surface area contributed by atoms with Crippen LogP contribution in [0, 0.1) is 0 Å². The van der Waals surface area contributed by atoms with Gasteiger partial charge in [0.25, 0.3) is 0 Å². The molecule has 7 nitrogen and oxygen atoms in total. The zero-order chi connectivity index (χ0) is 28.1. The van der Waals surface area contributed by atoms with Gasteiger partial charge >= 0.3 is 6.18 Å². The van der Waals surface area contributed by atoms with E-state index in [4.69, 9.17) is 16.5 Å². The molecule has 0 unspecified atom stereocenters. The molecule has 202 valence electrons. The molecule has 40 heavy (non-hydrogen) atoms. The molecule has 0 aliphatic carbocycles. The fourth-order valence-corrected chi connectivity index (χ4v) is 4.98. The second kappa shape index (κ2) is 11.6. The molecule has 5 N–H and O–H groups in total. The number of guanidine groups is 1. The molecule has 0 bridgehead atoms. The van der Waals surface area contributed by atoms with Gasteiger partial charge in [-0.2, -0.15) is 18.2 Å². The monoisotopic (exact) mass is 559 g/mol. The molecule has 0 spiro atoms. The Balaban J connectivity index is 1.33. The molecule has 2 aromatic heterocycles. The lowest BCUT2D eigenvalue weighted by Crippen LogP contribution is -2.23. The molecule has 0 radical (unpaired) electrons. The summed E-state index contributed by atoms with van der Waals surface area (Å²) in [7, 11) is 0. The lowest BCUT2D eigenvalue weighted by molar-refractivity contribution is -0.137. The van der Waals surface area contributed by atoms with Crippen molar-refractivity contribution in [1.29, 1.82) is 0 Å². The molecule has 0 saturated heterocycles. The van der Waals surface area contributed by atoms with Crippen molar-refractivity contribution in [2.75, 3.05) is 5.32 Å². The van der Waals surface area contributed by atoms with Crippen molar-refractivity contribution in [2.24, 2.45) is 16.5 Å². The topological polar surface area (TPSA) is 115 Å². The fraction of sp³-hybridized carbons (Fsp3) is 0.103. The van der Waals surface area contributed by atoms with Crippen molar-refractivity contribution in [3.05, 3.63) is 113 Å². The van der Waals surface area contributed by atoms with Gasteiger partial charge in [0.05, 0.1) is 17.0 Å². The van der Waals surface area contributed by atoms with Crippen molar-refractivity contribution >= 4 is 28.8 Å². The van der Waals surface area contributed by atoms with Gasteiger partial charge in [0, 0.05) is 34.7 Å². The number of rotatable bonds is 7. The second-order valence-corrected chi connectivity index (χ2v) is 9.85. The summed E-state index contributed by atoms with van der Waals surface area (Å²) in [6.07, 6.45) is -3.96. The van der Waals surface area contributed by atoms with E-state index in [2.05, 4.69) is 20.5 Å². The van der Waals surface area contributed by atoms with Gasteiger partial charge in [0.2, 0.25) is 0 Å². The number of aliphatic imine (C=N–C) groups is 1. The molecule has 0 saturated carbocycles. The highest BCUT2D eigenvalue weighted by Crippen LogP contribution is 2.34. The Labute approximate surface area is 232 Å². The Morgan fingerprint density at radius 3 is 2.25 bits per heavy atom. The van der Waals surface area contributed by atoms with Gasteiger partial charge in [-0.05, 0) is 35.9 Å². The maximum Gasteiger partial charge on any atom is 0.416 e. The van der Waals surface area contributed by atoms with E-state index < -0.39 is 11.7 Å². The Hall–Kier alpha value is -4.61. The predicted octanol–water partition coefficient (Wildman–Crippen LogP) is 6.39. The summed E-state index contributed by atoms with van der Waals surface area (Å²) >= 11 is 1.36. The smallest absolute Gasteiger partial charge is 0.369 e. The SMILES string of the molecule is NCc1sc(-c2ccc(C(F)(F)F)cc2)nc1Cc1ccccc1NC(N)=Nc1ccc(-c2ccccc2)nn1. The quantitative estimate of drug-likeness (QED) is 0.157. The highest BCUT2D eigenvalue weighted by Gasteiger charge is 2.30. The van der Waals surface area contributed by atoms with Crippen LogP contribution >= 0.6 is 11.3 Å². The van der Waals surface area contributed by atoms with Crippen molar-refractivity contribution < 1.29 is 13.2 Å². The lowest BCUT2D eigenvalue weighted by atomic mass is 10.1. The predicted molar refractivity (Wildman–Crippen MR) is 152 cm³/mol. The van der Waals surface area contributed by atoms with Crippen LogP contribution in [0.3, 0.4) is 0 Å². The number of hydrogen-bond acceptors (Lipinski definition) is 6. The van der Waals surface area contributed by atoms with E-state index in [1.165, 1.54) is 23.5 Å². The van der Waals surface area contributed by atoms with Crippen LogP contribution in [0.15, 0.2) is 96.0 Å². The highest BCUT2D eigenvalue weighted by atomic mass is 32.1. The van der Waals surface area contributed by atoms with Gasteiger partial charge in [0.15, 0.2) is 11.8 Å². The standard InChI is InChI=1S/C29H24F3N7S/c30-29(31,32)21-12-10-19(11-13-21)27-35-24(25(17-33)40-27)16-20-8-4-5-9-22(20)36-28(34)37-26-15-14-23(38-39-26)18-6-2-1-3-7-18/h1-15H,16-17,33H2,(H3,34,36,37,39). The second-order valence-electron chi connectivity index (χ2n) is 8.77. The molecule has 0 atom stereocenters. The Morgan fingerprint density at radius 2 is 1.57 bits per heavy atom. The van der Waals surface area contributed by atoms with Crippen LogP contribution in [0.25, 0.3) is 21.8 Å². The molecule has 3 aromatic carbocycles. The van der Waals surface area contributed by atoms with Crippen LogP contribution in [0.2, 0.25) is 0 Å². The summed E-state index contributed by atoms with van der Waals surface area (Å²) in [6, 6.07) is 25.8. The number of para-hydroxylation sites is 1. The van der Waals surface area contributed by atoms with Crippen LogP contribution in [0.4, 0.5) is 24.7 Å². The minimum absolute atomic E-state index is 0.136. The number of halogens is 3. The van der Waals surface area contributed by atoms with Gasteiger partial charge in [-0.25, -0.2) is 4.98 Å². The largest absolute Gasteiger partial charge is 0.416 e. The summed E-state index contributed by atoms with van der Waals surface area (Å²) in [5.74, 6) is 0.491. The zero-order valence-corrected chi connectivity index (χ0v) is 21.9. The number of aromatic nitrogens is 3. The fourth-order valence-electron chi connectivity index (χ4n) is 4.02. The summed E-state index contributed by atoms with van der Waals surface area (Å²) in [4.78, 5) is 9.89. The van der Waals surface area contributed by atoms with E-state index >= 15 is 0 Å². The molecule has 0 aliphatic heterocycles. The number of nitrogens with zero attached hydrogens (tertiary/aromatic N) is 4. The summed E-state index contributed by atoms with van der Waals surface area (Å²) < 4.78 is 38.9. The number of nitrogens with one attached hydrogen (secondary N) is 1. The molecule has 5 aromatic rings. The molecular formula is C29H24F3N7S. The highest BCUT2D eigenvalue weighted by molar-refractivity contribution is 7.15. The van der Waals surface area contributed by atoms with Gasteiger partial charge in [-0.3, -0.25) is 0 Å². The average Bonchev–Trinajstić information content (AvgIpc) is 3.37. The first-order valence-electron chi connectivity index (χ1n) is 12.2. The molecule has 2 heterocycles. The Morgan fingerprint density at radius 1 is 0.850 bits per heavy atom. The molecule has 0 aliphatic rings. The van der Waals surface area contributed by atoms with Crippen LogP contribution in [0.1, 0.15) is 21.7 Å². The minimum Gasteiger partial charge on any atom is -0.369 e. The van der Waals surface area contributed by atoms with Crippen molar-refractivity contribution in [2.45, 2.75) is 19.1 Å². The Kier molecular flexibility index (Phi) is 7.85. The van der Waals surface area contributed by atoms with Crippen molar-refractivity contribution in [3.63, 3.8) is 0 Å². The Bertz CT molecular complexity index is 1610. The number of alkyl halides is 3. The number of thiazole rings is 1. The summed E-state index contributed by atoms with van der Waals surface area (Å²) in [6.45, 7) is 0.254. The third-order valence-corrected chi connectivity index (χ3v) is 7.18. The van der Waals surface area contributed by atoms with Gasteiger partial charge in [-0.1, -0.05) is 60.7 Å². The maximum absolute atomic E-state index is 13.0. The van der Waals surface area contributed by atoms with Crippen LogP contribution in [0.5, 0.6) is 0 Å². The first-order valence-corrected chi connectivity index (χ1v) is 13.1. The first kappa shape index (κ1) is 27.0. The zero-order valence-electron chi connectivity index (χ0n) is 21.1. The first-order chi connectivity index (χ1) is 19.3. The minimum atomic E-state index is -4.39. The normalized spacial score (nSPS) is 11.9. The maximum atomic E-state index is 13.0. The molecule has 0 fully saturated rings. The summed E-state index contributed by atoms with van der Waals surface area (Å²) in [5.41, 5.74) is 16.1. The van der Waals surface area contributed by atoms with Crippen molar-refractivity contribution in [3.8, 4) is 21.8 Å². The van der Waals surface area contributed by atoms with Crippen LogP contribution in [-0.2, 0) is 19.1 Å². The average molecular weight is 560 g/mol. The number of hydrogen-bond donors (Lipinski definition) is 3. The number of anilines is 1. The van der Waals surface area contributed by atoms with E-state index in [1.54, 1.807) is 6.07 Å². The van der Waals surface area contributed by atoms with E-state index in [0.29, 0.717) is 22.8 Å². The third kappa shape index (κ3) is 6.33. The van der Waals surface area contributed by atoms with Gasteiger partial charge in [0.1, 0.15) is 5.01 Å². The van der Waals surface area contributed by atoms with Gasteiger partial charge < -0.3 is 16.8 Å². The molecule has 0 amide bonds. The molecule has 11 heteroatoms. The van der Waals surface area contributed by atoms with E-state index in [0.717, 1.165) is 45.2 Å². The van der Waals surface area contributed by atoms with Crippen LogP contribution < -0.4 is 16.8 Å². The molecular weight excluding hydrogens is 535 g/mol. The summed E-state index contributed by atoms with van der Waals surface area (Å²) in [5, 5.41) is 12.1. The van der Waals surface area contributed by atoms with Gasteiger partial charge in [-0.15, -0.1) is 21.5 Å². The van der Waals surface area contributed by atoms with E-state index in [1.807, 2.05) is 60.7 Å². The van der Waals surface area contributed by atoms with Crippen molar-refractivity contribution in [1.82, 2.24) is 15.2 Å². The molecule has 5 rings (SSSR count). The number of benzene rings is 3. The third-order valence-electron chi connectivity index (χ3n) is 6.02. The number of nitrogens with two attached hydrogens (primary N) is 2. The van der Waals surface area contributed by atoms with Crippen LogP contribution in [-0.4, -0.2) is 21.1 Å². The lowest BCUT2D eigenvalue weighted by Gasteiger charge is -2.11. The van der Waals surface area contributed by atoms with E-state index in [-0.39, 0.29) is 12.5 Å². The van der Waals surface area contributed by atoms with E-state index in [9.17, 15) is 13.2 Å².